The van der Waals surface area contributed by atoms with Crippen molar-refractivity contribution in [2.45, 2.75) is 43.5 Å². The molecular formula is C15H21NO2S. The number of carboxylic acids is 1. The van der Waals surface area contributed by atoms with Gasteiger partial charge >= 0.3 is 5.97 Å². The highest BCUT2D eigenvalue weighted by Gasteiger charge is 2.21. The third kappa shape index (κ3) is 3.98. The van der Waals surface area contributed by atoms with Crippen molar-refractivity contribution in [2.75, 3.05) is 6.26 Å². The smallest absolute Gasteiger partial charge is 0.336 e. The molecule has 1 aliphatic rings. The van der Waals surface area contributed by atoms with Crippen LogP contribution in [0.1, 0.15) is 41.6 Å². The topological polar surface area (TPSA) is 49.3 Å². The molecule has 3 nitrogen and oxygen atoms in total. The maximum atomic E-state index is 11.1. The van der Waals surface area contributed by atoms with Gasteiger partial charge < -0.3 is 10.4 Å². The Morgan fingerprint density at radius 2 is 2.21 bits per heavy atom. The molecule has 2 rings (SSSR count). The number of nitrogens with one attached hydrogen (secondary N) is 1. The van der Waals surface area contributed by atoms with E-state index >= 15 is 0 Å². The number of hydrogen-bond donors (Lipinski definition) is 2. The van der Waals surface area contributed by atoms with Crippen LogP contribution in [0.3, 0.4) is 0 Å². The van der Waals surface area contributed by atoms with Crippen LogP contribution in [0, 0.1) is 0 Å². The summed E-state index contributed by atoms with van der Waals surface area (Å²) in [6.45, 7) is 0.647. The second-order valence-electron chi connectivity index (χ2n) is 5.06. The van der Waals surface area contributed by atoms with Gasteiger partial charge in [0.15, 0.2) is 0 Å². The summed E-state index contributed by atoms with van der Waals surface area (Å²) in [5, 5.41) is 13.4. The minimum absolute atomic E-state index is 0.409. The standard InChI is InChI=1S/C15H21NO2S/c1-19-13-7-4-6-12(9-13)16-10-11-5-2-3-8-14(11)15(17)18/h2-3,5,8,12-13,16H,4,6-7,9-10H2,1H3,(H,17,18). The molecule has 0 spiro atoms. The lowest BCUT2D eigenvalue weighted by atomic mass is 9.94. The quantitative estimate of drug-likeness (QED) is 0.869. The van der Waals surface area contributed by atoms with Gasteiger partial charge in [-0.1, -0.05) is 24.6 Å². The lowest BCUT2D eigenvalue weighted by Gasteiger charge is -2.29. The third-order valence-corrected chi connectivity index (χ3v) is 4.88. The monoisotopic (exact) mass is 279 g/mol. The zero-order chi connectivity index (χ0) is 13.7. The van der Waals surface area contributed by atoms with E-state index in [1.807, 2.05) is 23.9 Å². The van der Waals surface area contributed by atoms with Crippen molar-refractivity contribution in [1.29, 1.82) is 0 Å². The summed E-state index contributed by atoms with van der Waals surface area (Å²) in [5.74, 6) is -0.844. The second kappa shape index (κ2) is 6.96. The fraction of sp³-hybridized carbons (Fsp3) is 0.533. The highest BCUT2D eigenvalue weighted by molar-refractivity contribution is 7.99. The first-order valence-corrected chi connectivity index (χ1v) is 8.07. The maximum Gasteiger partial charge on any atom is 0.336 e. The highest BCUT2D eigenvalue weighted by Crippen LogP contribution is 2.27. The fourth-order valence-electron chi connectivity index (χ4n) is 2.68. The first-order valence-electron chi connectivity index (χ1n) is 6.78. The fourth-order valence-corrected chi connectivity index (χ4v) is 3.51. The Hall–Kier alpha value is -1.00. The van der Waals surface area contributed by atoms with E-state index in [2.05, 4.69) is 11.6 Å². The molecule has 0 radical (unpaired) electrons. The Balaban J connectivity index is 1.93. The molecule has 1 aromatic carbocycles. The summed E-state index contributed by atoms with van der Waals surface area (Å²) in [5.41, 5.74) is 1.29. The SMILES string of the molecule is CSC1CCCC(NCc2ccccc2C(=O)O)C1. The van der Waals surface area contributed by atoms with Crippen LogP contribution < -0.4 is 5.32 Å². The number of carboxylic acid groups (broad SMARTS) is 1. The summed E-state index contributed by atoms with van der Waals surface area (Å²) in [4.78, 5) is 11.1. The Morgan fingerprint density at radius 3 is 2.95 bits per heavy atom. The molecule has 0 amide bonds. The molecular weight excluding hydrogens is 258 g/mol. The van der Waals surface area contributed by atoms with Crippen LogP contribution in [-0.4, -0.2) is 28.6 Å². The van der Waals surface area contributed by atoms with Crippen molar-refractivity contribution >= 4 is 17.7 Å². The number of benzene rings is 1. The average molecular weight is 279 g/mol. The van der Waals surface area contributed by atoms with E-state index in [-0.39, 0.29) is 0 Å². The minimum atomic E-state index is -0.844. The molecule has 4 heteroatoms. The maximum absolute atomic E-state index is 11.1. The first kappa shape index (κ1) is 14.4. The largest absolute Gasteiger partial charge is 0.478 e. The van der Waals surface area contributed by atoms with Crippen molar-refractivity contribution in [1.82, 2.24) is 5.32 Å². The van der Waals surface area contributed by atoms with E-state index in [0.717, 1.165) is 10.8 Å². The minimum Gasteiger partial charge on any atom is -0.478 e. The Labute approximate surface area is 118 Å². The number of aromatic carboxylic acids is 1. The van der Waals surface area contributed by atoms with Crippen LogP contribution in [0.15, 0.2) is 24.3 Å². The number of carbonyl (C=O) groups is 1. The van der Waals surface area contributed by atoms with Gasteiger partial charge in [0.2, 0.25) is 0 Å². The van der Waals surface area contributed by atoms with Gasteiger partial charge in [-0.2, -0.15) is 11.8 Å². The Bertz CT molecular complexity index is 436. The van der Waals surface area contributed by atoms with E-state index in [1.54, 1.807) is 12.1 Å². The Kier molecular flexibility index (Phi) is 5.28. The van der Waals surface area contributed by atoms with Crippen molar-refractivity contribution in [2.24, 2.45) is 0 Å². The highest BCUT2D eigenvalue weighted by atomic mass is 32.2. The molecule has 1 saturated carbocycles. The van der Waals surface area contributed by atoms with Gasteiger partial charge in [-0.3, -0.25) is 0 Å². The van der Waals surface area contributed by atoms with E-state index in [0.29, 0.717) is 18.2 Å². The zero-order valence-electron chi connectivity index (χ0n) is 11.3. The average Bonchev–Trinajstić information content (AvgIpc) is 2.45. The van der Waals surface area contributed by atoms with Gasteiger partial charge in [-0.15, -0.1) is 0 Å². The van der Waals surface area contributed by atoms with Crippen molar-refractivity contribution < 1.29 is 9.90 Å². The molecule has 1 aliphatic carbocycles. The van der Waals surface area contributed by atoms with Gasteiger partial charge in [0.1, 0.15) is 0 Å². The second-order valence-corrected chi connectivity index (χ2v) is 6.20. The summed E-state index contributed by atoms with van der Waals surface area (Å²) in [6, 6.07) is 7.76. The first-order chi connectivity index (χ1) is 9.20. The number of rotatable bonds is 5. The summed E-state index contributed by atoms with van der Waals surface area (Å²) >= 11 is 1.95. The molecule has 1 aromatic rings. The molecule has 2 N–H and O–H groups in total. The van der Waals surface area contributed by atoms with Gasteiger partial charge in [0.05, 0.1) is 5.56 Å². The molecule has 2 atom stereocenters. The lowest BCUT2D eigenvalue weighted by molar-refractivity contribution is 0.0695. The predicted octanol–water partition coefficient (Wildman–Crippen LogP) is 3.15. The van der Waals surface area contributed by atoms with E-state index in [1.165, 1.54) is 25.7 Å². The number of hydrogen-bond acceptors (Lipinski definition) is 3. The van der Waals surface area contributed by atoms with Crippen LogP contribution >= 0.6 is 11.8 Å². The summed E-state index contributed by atoms with van der Waals surface area (Å²) in [6.07, 6.45) is 7.14. The molecule has 0 aliphatic heterocycles. The van der Waals surface area contributed by atoms with Gasteiger partial charge in [-0.05, 0) is 37.1 Å². The van der Waals surface area contributed by atoms with Crippen LogP contribution in [-0.2, 0) is 6.54 Å². The van der Waals surface area contributed by atoms with Crippen molar-refractivity contribution in [3.05, 3.63) is 35.4 Å². The number of thioether (sulfide) groups is 1. The van der Waals surface area contributed by atoms with Crippen LogP contribution in [0.2, 0.25) is 0 Å². The van der Waals surface area contributed by atoms with E-state index in [9.17, 15) is 4.79 Å². The van der Waals surface area contributed by atoms with Gasteiger partial charge in [-0.25, -0.2) is 4.79 Å². The van der Waals surface area contributed by atoms with Gasteiger partial charge in [0.25, 0.3) is 0 Å². The van der Waals surface area contributed by atoms with Crippen LogP contribution in [0.4, 0.5) is 0 Å². The van der Waals surface area contributed by atoms with E-state index in [4.69, 9.17) is 5.11 Å². The molecule has 104 valence electrons. The van der Waals surface area contributed by atoms with Crippen molar-refractivity contribution in [3.63, 3.8) is 0 Å². The zero-order valence-corrected chi connectivity index (χ0v) is 12.1. The molecule has 0 saturated heterocycles. The van der Waals surface area contributed by atoms with Crippen molar-refractivity contribution in [3.8, 4) is 0 Å². The lowest BCUT2D eigenvalue weighted by Crippen LogP contribution is -2.35. The van der Waals surface area contributed by atoms with Crippen LogP contribution in [0.5, 0.6) is 0 Å². The third-order valence-electron chi connectivity index (χ3n) is 3.79. The predicted molar refractivity (Wildman–Crippen MR) is 79.8 cm³/mol. The summed E-state index contributed by atoms with van der Waals surface area (Å²) in [7, 11) is 0. The van der Waals surface area contributed by atoms with Gasteiger partial charge in [0, 0.05) is 17.8 Å². The molecule has 0 heterocycles. The Morgan fingerprint density at radius 1 is 1.42 bits per heavy atom. The summed E-state index contributed by atoms with van der Waals surface area (Å²) < 4.78 is 0. The van der Waals surface area contributed by atoms with Crippen LogP contribution in [0.25, 0.3) is 0 Å². The molecule has 0 bridgehead atoms. The normalized spacial score (nSPS) is 23.2. The van der Waals surface area contributed by atoms with E-state index < -0.39 is 5.97 Å². The molecule has 1 fully saturated rings. The molecule has 2 unspecified atom stereocenters. The molecule has 0 aromatic heterocycles. The molecule has 19 heavy (non-hydrogen) atoms.